The Morgan fingerprint density at radius 3 is 2.14 bits per heavy atom. The van der Waals surface area contributed by atoms with Gasteiger partial charge in [0.15, 0.2) is 18.3 Å². The van der Waals surface area contributed by atoms with E-state index in [0.29, 0.717) is 17.6 Å². The second-order valence-corrected chi connectivity index (χ2v) is 16.2. The third kappa shape index (κ3) is 12.4. The van der Waals surface area contributed by atoms with Crippen molar-refractivity contribution in [3.63, 3.8) is 0 Å². The Hall–Kier alpha value is -3.66. The number of cyclic esters (lactones) is 3. The van der Waals surface area contributed by atoms with E-state index in [1.165, 1.54) is 32.9 Å². The number of rotatable bonds is 8. The standard InChI is InChI=1S/C42H62O14/c1-12-27-20-24(5)30(44)16-14-13-15-28(21-29-38(49)54-42(10,11)55-39(29)50)37(48)51-31(26(7)43)18-17-23(4)19-25(6)34(27)52-40-33(46)32(45)35(41(8,9)56-40)53-36(47)22(2)3/h13-15,17,19-20,22,26-27,29-35,40,43-46H,12,16,18,21H2,1-11H3/b14-13+,23-17+,24-20+,25-19+,28-15+/t26-,27+,30+,31+,32-,33+,34+,35+,40-/m1/s1. The molecule has 3 rings (SSSR count). The van der Waals surface area contributed by atoms with Crippen LogP contribution in [0.25, 0.3) is 0 Å². The molecule has 0 spiro atoms. The molecule has 56 heavy (non-hydrogen) atoms. The fourth-order valence-corrected chi connectivity index (χ4v) is 6.61. The van der Waals surface area contributed by atoms with Crippen molar-refractivity contribution in [2.24, 2.45) is 17.8 Å². The smallest absolute Gasteiger partial charge is 0.334 e. The van der Waals surface area contributed by atoms with Gasteiger partial charge in [0, 0.05) is 38.2 Å². The Kier molecular flexibility index (Phi) is 16.4. The van der Waals surface area contributed by atoms with Crippen molar-refractivity contribution in [1.82, 2.24) is 0 Å². The van der Waals surface area contributed by atoms with Gasteiger partial charge in [0.25, 0.3) is 5.79 Å². The fraction of sp³-hybridized carbons (Fsp3) is 0.667. The molecule has 0 aromatic rings. The summed E-state index contributed by atoms with van der Waals surface area (Å²) in [6.07, 6.45) is 0.991. The van der Waals surface area contributed by atoms with Gasteiger partial charge in [0.2, 0.25) is 0 Å². The second kappa shape index (κ2) is 19.7. The monoisotopic (exact) mass is 790 g/mol. The van der Waals surface area contributed by atoms with Gasteiger partial charge >= 0.3 is 23.9 Å². The second-order valence-electron chi connectivity index (χ2n) is 16.2. The first-order chi connectivity index (χ1) is 26.0. The highest BCUT2D eigenvalue weighted by Crippen LogP contribution is 2.36. The van der Waals surface area contributed by atoms with Crippen molar-refractivity contribution in [2.75, 3.05) is 0 Å². The molecular formula is C42H62O14. The summed E-state index contributed by atoms with van der Waals surface area (Å²) >= 11 is 0. The lowest BCUT2D eigenvalue weighted by atomic mass is 9.88. The van der Waals surface area contributed by atoms with Crippen LogP contribution in [0.1, 0.15) is 102 Å². The van der Waals surface area contributed by atoms with Crippen LogP contribution in [0.3, 0.4) is 0 Å². The number of hydrogen-bond acceptors (Lipinski definition) is 14. The molecule has 0 aromatic heterocycles. The summed E-state index contributed by atoms with van der Waals surface area (Å²) in [7, 11) is 0. The van der Waals surface area contributed by atoms with Gasteiger partial charge < -0.3 is 48.8 Å². The van der Waals surface area contributed by atoms with E-state index in [-0.39, 0.29) is 30.8 Å². The molecule has 3 aliphatic rings. The predicted molar refractivity (Wildman–Crippen MR) is 204 cm³/mol. The zero-order valence-electron chi connectivity index (χ0n) is 34.5. The van der Waals surface area contributed by atoms with Gasteiger partial charge in [-0.2, -0.15) is 0 Å². The van der Waals surface area contributed by atoms with Crippen molar-refractivity contribution >= 4 is 23.9 Å². The molecule has 3 heterocycles. The Morgan fingerprint density at radius 2 is 1.57 bits per heavy atom. The van der Waals surface area contributed by atoms with Crippen LogP contribution in [0.5, 0.6) is 0 Å². The Bertz CT molecular complexity index is 1560. The van der Waals surface area contributed by atoms with Crippen molar-refractivity contribution in [3.8, 4) is 0 Å². The molecule has 3 aliphatic heterocycles. The minimum absolute atomic E-state index is 0.0410. The zero-order chi connectivity index (χ0) is 42.3. The van der Waals surface area contributed by atoms with Crippen LogP contribution in [-0.2, 0) is 47.6 Å². The number of ether oxygens (including phenoxy) is 6. The maximum absolute atomic E-state index is 13.6. The quantitative estimate of drug-likeness (QED) is 0.116. The Morgan fingerprint density at radius 1 is 0.946 bits per heavy atom. The topological polar surface area (TPSA) is 205 Å². The van der Waals surface area contributed by atoms with Crippen molar-refractivity contribution in [1.29, 1.82) is 0 Å². The van der Waals surface area contributed by atoms with Crippen molar-refractivity contribution in [2.45, 2.75) is 162 Å². The minimum atomic E-state index is -1.58. The van der Waals surface area contributed by atoms with Crippen LogP contribution in [0.15, 0.2) is 58.7 Å². The lowest BCUT2D eigenvalue weighted by Gasteiger charge is -2.47. The highest BCUT2D eigenvalue weighted by atomic mass is 16.7. The number of aliphatic hydroxyl groups excluding tert-OH is 4. The molecule has 0 amide bonds. The molecule has 0 bridgehead atoms. The van der Waals surface area contributed by atoms with Gasteiger partial charge in [0.05, 0.1) is 24.2 Å². The van der Waals surface area contributed by atoms with E-state index in [4.69, 9.17) is 28.4 Å². The maximum Gasteiger partial charge on any atom is 0.334 e. The summed E-state index contributed by atoms with van der Waals surface area (Å²) < 4.78 is 34.5. The van der Waals surface area contributed by atoms with Crippen LogP contribution in [-0.4, -0.2) is 105 Å². The summed E-state index contributed by atoms with van der Waals surface area (Å²) in [4.78, 5) is 51.5. The average Bonchev–Trinajstić information content (AvgIpc) is 3.09. The Labute approximate surface area is 330 Å². The third-order valence-electron chi connectivity index (χ3n) is 10.0. The number of carbonyl (C=O) groups excluding carboxylic acids is 4. The van der Waals surface area contributed by atoms with E-state index in [9.17, 15) is 39.6 Å². The van der Waals surface area contributed by atoms with E-state index >= 15 is 0 Å². The Balaban J connectivity index is 2.01. The van der Waals surface area contributed by atoms with Gasteiger partial charge in [-0.05, 0) is 65.5 Å². The average molecular weight is 791 g/mol. The molecular weight excluding hydrogens is 728 g/mol. The van der Waals surface area contributed by atoms with Gasteiger partial charge in [-0.15, -0.1) is 0 Å². The molecule has 314 valence electrons. The number of aliphatic hydroxyl groups is 4. The van der Waals surface area contributed by atoms with Crippen molar-refractivity contribution in [3.05, 3.63) is 58.7 Å². The summed E-state index contributed by atoms with van der Waals surface area (Å²) in [6.45, 7) is 18.3. The van der Waals surface area contributed by atoms with E-state index in [0.717, 1.165) is 5.57 Å². The van der Waals surface area contributed by atoms with Crippen LogP contribution in [0.4, 0.5) is 0 Å². The highest BCUT2D eigenvalue weighted by Gasteiger charge is 2.53. The van der Waals surface area contributed by atoms with E-state index in [2.05, 4.69) is 0 Å². The molecule has 2 saturated heterocycles. The first-order valence-corrected chi connectivity index (χ1v) is 19.3. The van der Waals surface area contributed by atoms with E-state index in [1.54, 1.807) is 46.8 Å². The molecule has 0 unspecified atom stereocenters. The predicted octanol–water partition coefficient (Wildman–Crippen LogP) is 4.43. The van der Waals surface area contributed by atoms with Gasteiger partial charge in [-0.1, -0.05) is 62.8 Å². The molecule has 9 atom stereocenters. The summed E-state index contributed by atoms with van der Waals surface area (Å²) in [6, 6.07) is 0. The molecule has 0 aromatic carbocycles. The summed E-state index contributed by atoms with van der Waals surface area (Å²) in [5.41, 5.74) is 0.748. The van der Waals surface area contributed by atoms with Gasteiger partial charge in [-0.25, -0.2) is 4.79 Å². The lowest BCUT2D eigenvalue weighted by molar-refractivity contribution is -0.333. The molecule has 0 saturated carbocycles. The summed E-state index contributed by atoms with van der Waals surface area (Å²) in [5.74, 6) is -6.79. The number of esters is 4. The molecule has 2 fully saturated rings. The number of allylic oxidation sites excluding steroid dienone is 4. The molecule has 4 N–H and O–H groups in total. The zero-order valence-corrected chi connectivity index (χ0v) is 34.5. The number of hydrogen-bond donors (Lipinski definition) is 4. The van der Waals surface area contributed by atoms with Gasteiger partial charge in [0.1, 0.15) is 23.9 Å². The van der Waals surface area contributed by atoms with E-state index in [1.807, 2.05) is 32.9 Å². The van der Waals surface area contributed by atoms with Crippen LogP contribution in [0.2, 0.25) is 0 Å². The highest BCUT2D eigenvalue weighted by molar-refractivity contribution is 5.99. The molecule has 0 radical (unpaired) electrons. The first-order valence-electron chi connectivity index (χ1n) is 19.3. The van der Waals surface area contributed by atoms with Gasteiger partial charge in [-0.3, -0.25) is 14.4 Å². The van der Waals surface area contributed by atoms with Crippen LogP contribution in [0, 0.1) is 17.8 Å². The molecule has 14 nitrogen and oxygen atoms in total. The SMILES string of the molecule is CC[C@H]1/C=C(\C)[C@@H](O)C/C=C/C=C(\CC2C(=O)OC(C)(C)OC2=O)C(=O)O[C@H]([C@@H](C)O)C/C=C(C)/C=C(\C)[C@@H]1O[C@@H]1OC(C)(C)[C@@H](OC(=O)C(C)C)[C@H](O)[C@@H]1O. The minimum Gasteiger partial charge on any atom is -0.456 e. The van der Waals surface area contributed by atoms with Crippen LogP contribution < -0.4 is 0 Å². The molecule has 0 aliphatic carbocycles. The summed E-state index contributed by atoms with van der Waals surface area (Å²) in [5, 5.41) is 44.3. The van der Waals surface area contributed by atoms with E-state index < -0.39 is 96.1 Å². The van der Waals surface area contributed by atoms with Crippen molar-refractivity contribution < 1.29 is 68.0 Å². The third-order valence-corrected chi connectivity index (χ3v) is 10.0. The maximum atomic E-state index is 13.6. The molecule has 14 heteroatoms. The largest absolute Gasteiger partial charge is 0.456 e. The van der Waals surface area contributed by atoms with Crippen LogP contribution >= 0.6 is 0 Å². The first kappa shape index (κ1) is 46.7. The number of carbonyl (C=O) groups is 4. The lowest BCUT2D eigenvalue weighted by Crippen LogP contribution is -2.64. The fourth-order valence-electron chi connectivity index (χ4n) is 6.61. The normalized spacial score (nSPS) is 36.0.